The maximum Gasteiger partial charge on any atom is -0.0175 e. The first-order valence-electron chi connectivity index (χ1n) is 8.36. The van der Waals surface area contributed by atoms with E-state index in [1.54, 1.807) is 0 Å². The lowest BCUT2D eigenvalue weighted by atomic mass is 10.0. The maximum atomic E-state index is 2.25. The van der Waals surface area contributed by atoms with Crippen LogP contribution in [0.25, 0.3) is 33.7 Å². The number of hydrogen-bond donors (Lipinski definition) is 0. The van der Waals surface area contributed by atoms with Crippen LogP contribution in [0, 0.1) is 13.8 Å². The summed E-state index contributed by atoms with van der Waals surface area (Å²) in [5.74, 6) is 0. The van der Waals surface area contributed by atoms with Gasteiger partial charge < -0.3 is 0 Å². The highest BCUT2D eigenvalue weighted by Crippen LogP contribution is 2.21. The van der Waals surface area contributed by atoms with Crippen LogP contribution in [-0.4, -0.2) is 0 Å². The second kappa shape index (κ2) is 5.98. The van der Waals surface area contributed by atoms with Crippen LogP contribution in [0.1, 0.15) is 22.3 Å². The normalized spacial score (nSPS) is 11.6. The summed E-state index contributed by atoms with van der Waals surface area (Å²) in [5.41, 5.74) is 5.07. The van der Waals surface area contributed by atoms with Crippen molar-refractivity contribution in [3.8, 4) is 0 Å². The van der Waals surface area contributed by atoms with Crippen molar-refractivity contribution in [2.75, 3.05) is 0 Å². The van der Waals surface area contributed by atoms with Gasteiger partial charge in [0.15, 0.2) is 0 Å². The van der Waals surface area contributed by atoms with Gasteiger partial charge in [0.2, 0.25) is 0 Å². The lowest BCUT2D eigenvalue weighted by Gasteiger charge is -2.03. The SMILES string of the molecule is Cc1ccc2cc(/C=C/c3ccc4ccc(C)cc4c3)ccc2c1. The van der Waals surface area contributed by atoms with E-state index in [9.17, 15) is 0 Å². The summed E-state index contributed by atoms with van der Waals surface area (Å²) in [6, 6.07) is 26.4. The van der Waals surface area contributed by atoms with Gasteiger partial charge in [-0.2, -0.15) is 0 Å². The van der Waals surface area contributed by atoms with Crippen molar-refractivity contribution in [3.63, 3.8) is 0 Å². The fourth-order valence-corrected chi connectivity index (χ4v) is 3.17. The van der Waals surface area contributed by atoms with Crippen LogP contribution >= 0.6 is 0 Å². The summed E-state index contributed by atoms with van der Waals surface area (Å²) < 4.78 is 0. The Labute approximate surface area is 143 Å². The lowest BCUT2D eigenvalue weighted by Crippen LogP contribution is -1.79. The molecule has 0 heteroatoms. The molecule has 0 bridgehead atoms. The molecule has 0 radical (unpaired) electrons. The second-order valence-electron chi connectivity index (χ2n) is 6.55. The van der Waals surface area contributed by atoms with Crippen LogP contribution in [-0.2, 0) is 0 Å². The molecule has 0 atom stereocenters. The Kier molecular flexibility index (Phi) is 3.66. The Hall–Kier alpha value is -2.86. The molecule has 116 valence electrons. The summed E-state index contributed by atoms with van der Waals surface area (Å²) in [5, 5.41) is 5.18. The molecule has 0 aromatic heterocycles. The third kappa shape index (κ3) is 2.96. The molecular formula is C24H20. The monoisotopic (exact) mass is 308 g/mol. The highest BCUT2D eigenvalue weighted by molar-refractivity contribution is 5.88. The summed E-state index contributed by atoms with van der Waals surface area (Å²) in [4.78, 5) is 0. The quantitative estimate of drug-likeness (QED) is 0.358. The van der Waals surface area contributed by atoms with Crippen LogP contribution in [0.15, 0.2) is 72.8 Å². The van der Waals surface area contributed by atoms with Gasteiger partial charge in [0.25, 0.3) is 0 Å². The molecule has 0 aliphatic carbocycles. The average Bonchev–Trinajstić information content (AvgIpc) is 2.59. The molecule has 0 spiro atoms. The lowest BCUT2D eigenvalue weighted by molar-refractivity contribution is 1.50. The molecule has 0 saturated carbocycles. The van der Waals surface area contributed by atoms with Crippen molar-refractivity contribution in [2.24, 2.45) is 0 Å². The molecule has 4 aromatic carbocycles. The number of hydrogen-bond acceptors (Lipinski definition) is 0. The van der Waals surface area contributed by atoms with Crippen LogP contribution in [0.2, 0.25) is 0 Å². The van der Waals surface area contributed by atoms with E-state index in [0.717, 1.165) is 0 Å². The van der Waals surface area contributed by atoms with Crippen molar-refractivity contribution >= 4 is 33.7 Å². The molecule has 0 aliphatic heterocycles. The van der Waals surface area contributed by atoms with Gasteiger partial charge in [-0.05, 0) is 58.7 Å². The summed E-state index contributed by atoms with van der Waals surface area (Å²) in [6.07, 6.45) is 4.38. The van der Waals surface area contributed by atoms with E-state index >= 15 is 0 Å². The fourth-order valence-electron chi connectivity index (χ4n) is 3.17. The van der Waals surface area contributed by atoms with Crippen molar-refractivity contribution in [1.82, 2.24) is 0 Å². The molecular weight excluding hydrogens is 288 g/mol. The molecule has 0 amide bonds. The van der Waals surface area contributed by atoms with Crippen LogP contribution in [0.4, 0.5) is 0 Å². The first-order valence-corrected chi connectivity index (χ1v) is 8.36. The molecule has 4 rings (SSSR count). The Morgan fingerprint density at radius 2 is 0.917 bits per heavy atom. The smallest absolute Gasteiger partial charge is 0.0175 e. The highest BCUT2D eigenvalue weighted by Gasteiger charge is 1.97. The van der Waals surface area contributed by atoms with Gasteiger partial charge in [0.1, 0.15) is 0 Å². The Morgan fingerprint density at radius 1 is 0.458 bits per heavy atom. The molecule has 0 unspecified atom stereocenters. The van der Waals surface area contributed by atoms with E-state index in [0.29, 0.717) is 0 Å². The number of aryl methyl sites for hydroxylation is 2. The van der Waals surface area contributed by atoms with E-state index in [1.165, 1.54) is 43.8 Å². The standard InChI is InChI=1S/C24H20/c1-17-4-10-23-15-19(8-12-22(23)13-17)5-6-20-7-11-21-9-3-18(2)14-24(21)16-20/h3-16H,1-2H3/b6-5+. The number of fused-ring (bicyclic) bond motifs is 2. The average molecular weight is 308 g/mol. The van der Waals surface area contributed by atoms with Gasteiger partial charge in [-0.15, -0.1) is 0 Å². The molecule has 0 nitrogen and oxygen atoms in total. The predicted octanol–water partition coefficient (Wildman–Crippen LogP) is 6.78. The van der Waals surface area contributed by atoms with Crippen LogP contribution < -0.4 is 0 Å². The van der Waals surface area contributed by atoms with Gasteiger partial charge in [-0.3, -0.25) is 0 Å². The zero-order valence-electron chi connectivity index (χ0n) is 14.1. The van der Waals surface area contributed by atoms with Gasteiger partial charge in [-0.1, -0.05) is 83.9 Å². The van der Waals surface area contributed by atoms with Crippen LogP contribution in [0.5, 0.6) is 0 Å². The summed E-state index contributed by atoms with van der Waals surface area (Å²) in [6.45, 7) is 4.27. The summed E-state index contributed by atoms with van der Waals surface area (Å²) in [7, 11) is 0. The van der Waals surface area contributed by atoms with Gasteiger partial charge in [0.05, 0.1) is 0 Å². The van der Waals surface area contributed by atoms with E-state index in [-0.39, 0.29) is 0 Å². The number of rotatable bonds is 2. The molecule has 0 saturated heterocycles. The Balaban J connectivity index is 1.68. The second-order valence-corrected chi connectivity index (χ2v) is 6.55. The zero-order chi connectivity index (χ0) is 16.5. The van der Waals surface area contributed by atoms with Crippen molar-refractivity contribution in [3.05, 3.63) is 95.1 Å². The van der Waals surface area contributed by atoms with E-state index in [4.69, 9.17) is 0 Å². The van der Waals surface area contributed by atoms with Crippen molar-refractivity contribution in [1.29, 1.82) is 0 Å². The maximum absolute atomic E-state index is 2.25. The molecule has 0 heterocycles. The Bertz CT molecular complexity index is 1070. The van der Waals surface area contributed by atoms with Crippen molar-refractivity contribution < 1.29 is 0 Å². The summed E-state index contributed by atoms with van der Waals surface area (Å²) >= 11 is 0. The minimum Gasteiger partial charge on any atom is -0.0587 e. The number of benzene rings is 4. The van der Waals surface area contributed by atoms with E-state index < -0.39 is 0 Å². The first kappa shape index (κ1) is 14.7. The molecule has 4 aromatic rings. The third-order valence-electron chi connectivity index (χ3n) is 4.51. The van der Waals surface area contributed by atoms with Crippen molar-refractivity contribution in [2.45, 2.75) is 13.8 Å². The molecule has 0 N–H and O–H groups in total. The largest absolute Gasteiger partial charge is 0.0587 e. The third-order valence-corrected chi connectivity index (χ3v) is 4.51. The Morgan fingerprint density at radius 3 is 1.62 bits per heavy atom. The minimum absolute atomic E-state index is 1.23. The molecule has 24 heavy (non-hydrogen) atoms. The topological polar surface area (TPSA) is 0 Å². The molecule has 0 aliphatic rings. The van der Waals surface area contributed by atoms with Gasteiger partial charge in [0, 0.05) is 0 Å². The molecule has 0 fully saturated rings. The first-order chi connectivity index (χ1) is 11.7. The zero-order valence-corrected chi connectivity index (χ0v) is 14.1. The van der Waals surface area contributed by atoms with Gasteiger partial charge in [-0.25, -0.2) is 0 Å². The minimum atomic E-state index is 1.23. The predicted molar refractivity (Wildman–Crippen MR) is 106 cm³/mol. The highest BCUT2D eigenvalue weighted by atomic mass is 14.0. The fraction of sp³-hybridized carbons (Fsp3) is 0.0833. The van der Waals surface area contributed by atoms with E-state index in [2.05, 4.69) is 98.8 Å². The van der Waals surface area contributed by atoms with Crippen LogP contribution in [0.3, 0.4) is 0 Å². The van der Waals surface area contributed by atoms with Gasteiger partial charge >= 0.3 is 0 Å². The van der Waals surface area contributed by atoms with E-state index in [1.807, 2.05) is 0 Å².